The van der Waals surface area contributed by atoms with Crippen molar-refractivity contribution in [2.24, 2.45) is 0 Å². The highest BCUT2D eigenvalue weighted by Crippen LogP contribution is 2.33. The Kier molecular flexibility index (Phi) is 3.81. The van der Waals surface area contributed by atoms with Crippen LogP contribution in [0.4, 0.5) is 0 Å². The summed E-state index contributed by atoms with van der Waals surface area (Å²) in [6.45, 7) is 3.15. The van der Waals surface area contributed by atoms with Crippen LogP contribution in [0, 0.1) is 0 Å². The quantitative estimate of drug-likeness (QED) is 0.851. The summed E-state index contributed by atoms with van der Waals surface area (Å²) in [5.41, 5.74) is 1.22. The van der Waals surface area contributed by atoms with Crippen LogP contribution in [-0.4, -0.2) is 30.2 Å². The van der Waals surface area contributed by atoms with Crippen molar-refractivity contribution in [2.75, 3.05) is 13.3 Å². The average Bonchev–Trinajstić information content (AvgIpc) is 2.94. The molecular weight excluding hydrogens is 254 g/mol. The molecule has 1 atom stereocenters. The summed E-state index contributed by atoms with van der Waals surface area (Å²) in [6.07, 6.45) is 4.94. The molecule has 0 saturated carbocycles. The van der Waals surface area contributed by atoms with Gasteiger partial charge in [0.15, 0.2) is 11.5 Å². The highest BCUT2D eigenvalue weighted by molar-refractivity contribution is 5.76. The van der Waals surface area contributed by atoms with Gasteiger partial charge in [0.25, 0.3) is 0 Å². The van der Waals surface area contributed by atoms with Crippen molar-refractivity contribution in [3.8, 4) is 11.5 Å². The van der Waals surface area contributed by atoms with E-state index in [-0.39, 0.29) is 5.91 Å². The van der Waals surface area contributed by atoms with Gasteiger partial charge in [0.2, 0.25) is 12.7 Å². The van der Waals surface area contributed by atoms with E-state index >= 15 is 0 Å². The zero-order valence-corrected chi connectivity index (χ0v) is 11.9. The van der Waals surface area contributed by atoms with Crippen molar-refractivity contribution < 1.29 is 14.3 Å². The largest absolute Gasteiger partial charge is 0.454 e. The lowest BCUT2D eigenvalue weighted by molar-refractivity contribution is -0.134. The number of amides is 1. The van der Waals surface area contributed by atoms with E-state index in [1.54, 1.807) is 0 Å². The first-order chi connectivity index (χ1) is 9.78. The summed E-state index contributed by atoms with van der Waals surface area (Å²) < 4.78 is 10.8. The van der Waals surface area contributed by atoms with Crippen molar-refractivity contribution >= 4 is 5.91 Å². The number of carbonyl (C=O) groups excluding carboxylic acids is 1. The van der Waals surface area contributed by atoms with Crippen LogP contribution in [0.25, 0.3) is 0 Å². The fourth-order valence-corrected chi connectivity index (χ4v) is 3.08. The molecule has 0 bridgehead atoms. The van der Waals surface area contributed by atoms with Gasteiger partial charge in [0.05, 0.1) is 0 Å². The molecule has 0 spiro atoms. The summed E-state index contributed by atoms with van der Waals surface area (Å²) >= 11 is 0. The van der Waals surface area contributed by atoms with E-state index in [4.69, 9.17) is 9.47 Å². The molecule has 2 aliphatic rings. The Morgan fingerprint density at radius 2 is 2.15 bits per heavy atom. The Hall–Kier alpha value is -1.71. The third-order valence-electron chi connectivity index (χ3n) is 4.16. The molecule has 20 heavy (non-hydrogen) atoms. The van der Waals surface area contributed by atoms with Gasteiger partial charge in [-0.3, -0.25) is 4.79 Å². The van der Waals surface area contributed by atoms with Crippen LogP contribution >= 0.6 is 0 Å². The van der Waals surface area contributed by atoms with E-state index < -0.39 is 0 Å². The van der Waals surface area contributed by atoms with E-state index in [0.29, 0.717) is 19.3 Å². The molecule has 2 heterocycles. The molecule has 1 amide bonds. The molecule has 4 nitrogen and oxygen atoms in total. The van der Waals surface area contributed by atoms with Crippen LogP contribution in [0.15, 0.2) is 18.2 Å². The van der Waals surface area contributed by atoms with Gasteiger partial charge >= 0.3 is 0 Å². The molecule has 108 valence electrons. The Labute approximate surface area is 119 Å². The molecule has 0 aliphatic carbocycles. The van der Waals surface area contributed by atoms with Gasteiger partial charge in [-0.15, -0.1) is 0 Å². The molecule has 0 radical (unpaired) electrons. The molecule has 4 heteroatoms. The van der Waals surface area contributed by atoms with E-state index in [1.165, 1.54) is 12.0 Å². The summed E-state index contributed by atoms with van der Waals surface area (Å²) in [7, 11) is 0. The fourth-order valence-electron chi connectivity index (χ4n) is 3.08. The highest BCUT2D eigenvalue weighted by atomic mass is 16.7. The minimum Gasteiger partial charge on any atom is -0.454 e. The number of carbonyl (C=O) groups is 1. The summed E-state index contributed by atoms with van der Waals surface area (Å²) in [5.74, 6) is 1.92. The second-order valence-electron chi connectivity index (χ2n) is 5.48. The fraction of sp³-hybridized carbons (Fsp3) is 0.562. The average molecular weight is 275 g/mol. The Balaban J connectivity index is 1.73. The minimum absolute atomic E-state index is 0.274. The van der Waals surface area contributed by atoms with Gasteiger partial charge in [-0.25, -0.2) is 0 Å². The standard InChI is InChI=1S/C16H21NO3/c1-2-16(18)17-8-4-3-5-13(17)9-12-6-7-14-15(10-12)20-11-19-14/h6-7,10,13H,2-5,8-9,11H2,1H3. The summed E-state index contributed by atoms with van der Waals surface area (Å²) in [5, 5.41) is 0. The zero-order chi connectivity index (χ0) is 13.9. The second-order valence-corrected chi connectivity index (χ2v) is 5.48. The molecule has 1 unspecified atom stereocenters. The van der Waals surface area contributed by atoms with Crippen LogP contribution in [-0.2, 0) is 11.2 Å². The lowest BCUT2D eigenvalue weighted by atomic mass is 9.95. The first-order valence-electron chi connectivity index (χ1n) is 7.46. The Bertz CT molecular complexity index is 500. The Morgan fingerprint density at radius 1 is 1.30 bits per heavy atom. The lowest BCUT2D eigenvalue weighted by Crippen LogP contribution is -2.44. The van der Waals surface area contributed by atoms with E-state index in [0.717, 1.165) is 37.3 Å². The lowest BCUT2D eigenvalue weighted by Gasteiger charge is -2.36. The molecule has 1 aromatic rings. The molecule has 2 aliphatic heterocycles. The van der Waals surface area contributed by atoms with Crippen molar-refractivity contribution in [1.29, 1.82) is 0 Å². The molecule has 0 aromatic heterocycles. The predicted molar refractivity (Wildman–Crippen MR) is 75.9 cm³/mol. The van der Waals surface area contributed by atoms with Gasteiger partial charge in [-0.2, -0.15) is 0 Å². The third kappa shape index (κ3) is 2.60. The maximum absolute atomic E-state index is 12.0. The molecule has 1 fully saturated rings. The van der Waals surface area contributed by atoms with Crippen LogP contribution < -0.4 is 9.47 Å². The summed E-state index contributed by atoms with van der Waals surface area (Å²) in [6, 6.07) is 6.42. The van der Waals surface area contributed by atoms with Crippen molar-refractivity contribution in [1.82, 2.24) is 4.90 Å². The van der Waals surface area contributed by atoms with Gasteiger partial charge in [0, 0.05) is 19.0 Å². The first-order valence-corrected chi connectivity index (χ1v) is 7.46. The number of benzene rings is 1. The number of nitrogens with zero attached hydrogens (tertiary/aromatic N) is 1. The number of ether oxygens (including phenoxy) is 2. The van der Waals surface area contributed by atoms with Crippen LogP contribution in [0.2, 0.25) is 0 Å². The molecule has 3 rings (SSSR count). The number of rotatable bonds is 3. The molecule has 1 saturated heterocycles. The number of hydrogen-bond donors (Lipinski definition) is 0. The summed E-state index contributed by atoms with van der Waals surface area (Å²) in [4.78, 5) is 14.1. The number of likely N-dealkylation sites (tertiary alicyclic amines) is 1. The number of piperidine rings is 1. The van der Waals surface area contributed by atoms with Crippen LogP contribution in [0.5, 0.6) is 11.5 Å². The molecule has 0 N–H and O–H groups in total. The van der Waals surface area contributed by atoms with Crippen LogP contribution in [0.3, 0.4) is 0 Å². The van der Waals surface area contributed by atoms with Crippen molar-refractivity contribution in [3.63, 3.8) is 0 Å². The van der Waals surface area contributed by atoms with E-state index in [2.05, 4.69) is 11.0 Å². The van der Waals surface area contributed by atoms with E-state index in [9.17, 15) is 4.79 Å². The molecular formula is C16H21NO3. The van der Waals surface area contributed by atoms with E-state index in [1.807, 2.05) is 19.1 Å². The third-order valence-corrected chi connectivity index (χ3v) is 4.16. The smallest absolute Gasteiger partial charge is 0.231 e. The topological polar surface area (TPSA) is 38.8 Å². The first kappa shape index (κ1) is 13.3. The molecule has 1 aromatic carbocycles. The second kappa shape index (κ2) is 5.73. The highest BCUT2D eigenvalue weighted by Gasteiger charge is 2.26. The normalized spacial score (nSPS) is 21.1. The monoisotopic (exact) mass is 275 g/mol. The van der Waals surface area contributed by atoms with Crippen LogP contribution in [0.1, 0.15) is 38.2 Å². The Morgan fingerprint density at radius 3 is 3.00 bits per heavy atom. The number of fused-ring (bicyclic) bond motifs is 1. The SMILES string of the molecule is CCC(=O)N1CCCCC1Cc1ccc2c(c1)OCO2. The maximum atomic E-state index is 12.0. The van der Waals surface area contributed by atoms with Gasteiger partial charge in [-0.05, 0) is 43.4 Å². The minimum atomic E-state index is 0.274. The maximum Gasteiger partial charge on any atom is 0.231 e. The van der Waals surface area contributed by atoms with Gasteiger partial charge < -0.3 is 14.4 Å². The van der Waals surface area contributed by atoms with Crippen molar-refractivity contribution in [2.45, 2.75) is 45.1 Å². The zero-order valence-electron chi connectivity index (χ0n) is 11.9. The van der Waals surface area contributed by atoms with Crippen molar-refractivity contribution in [3.05, 3.63) is 23.8 Å². The number of hydrogen-bond acceptors (Lipinski definition) is 3. The van der Waals surface area contributed by atoms with Gasteiger partial charge in [0.1, 0.15) is 0 Å². The predicted octanol–water partition coefficient (Wildman–Crippen LogP) is 2.75. The van der Waals surface area contributed by atoms with Gasteiger partial charge in [-0.1, -0.05) is 13.0 Å².